The first-order valence-electron chi connectivity index (χ1n) is 19.3. The van der Waals surface area contributed by atoms with Crippen LogP contribution in [-0.2, 0) is 19.1 Å². The Morgan fingerprint density at radius 2 is 1.02 bits per heavy atom. The molecule has 4 aliphatic heterocycles. The van der Waals surface area contributed by atoms with Gasteiger partial charge < -0.3 is 39.1 Å². The highest BCUT2D eigenvalue weighted by molar-refractivity contribution is 14.1. The van der Waals surface area contributed by atoms with Crippen LogP contribution in [0.2, 0.25) is 0 Å². The fraction of sp³-hybridized carbons (Fsp3) is 0.273. The lowest BCUT2D eigenvalue weighted by molar-refractivity contribution is -0.118. The Kier molecular flexibility index (Phi) is 15.4. The molecule has 2 N–H and O–H groups in total. The van der Waals surface area contributed by atoms with Crippen molar-refractivity contribution in [3.05, 3.63) is 135 Å². The van der Waals surface area contributed by atoms with E-state index in [2.05, 4.69) is 38.5 Å². The van der Waals surface area contributed by atoms with Crippen LogP contribution in [0.25, 0.3) is 11.1 Å². The van der Waals surface area contributed by atoms with Crippen LogP contribution in [0.4, 0.5) is 11.4 Å². The number of morpholine rings is 2. The number of anilines is 2. The van der Waals surface area contributed by atoms with Crippen molar-refractivity contribution < 1.29 is 38.7 Å². The third kappa shape index (κ3) is 10.7. The van der Waals surface area contributed by atoms with Gasteiger partial charge in [0.25, 0.3) is 11.8 Å². The van der Waals surface area contributed by atoms with Crippen molar-refractivity contribution >= 4 is 70.9 Å². The van der Waals surface area contributed by atoms with E-state index in [1.54, 1.807) is 12.1 Å². The van der Waals surface area contributed by atoms with Crippen molar-refractivity contribution in [2.75, 3.05) is 75.5 Å². The van der Waals surface area contributed by atoms with Gasteiger partial charge in [-0.3, -0.25) is 19.2 Å². The van der Waals surface area contributed by atoms with E-state index in [1.807, 2.05) is 88.7 Å². The number of ether oxygens (including phenoxy) is 2. The predicted molar refractivity (Wildman–Crippen MR) is 233 cm³/mol. The van der Waals surface area contributed by atoms with Crippen LogP contribution in [0, 0.1) is 3.57 Å². The number of hydrogen-bond donors (Lipinski definition) is 2. The molecule has 4 aliphatic rings. The molecule has 0 saturated carbocycles. The van der Waals surface area contributed by atoms with Crippen molar-refractivity contribution in [3.8, 4) is 11.1 Å². The lowest BCUT2D eigenvalue weighted by Gasteiger charge is -2.35. The van der Waals surface area contributed by atoms with E-state index in [-0.39, 0.29) is 17.3 Å². The van der Waals surface area contributed by atoms with Crippen LogP contribution in [0.1, 0.15) is 33.6 Å². The standard InChI is InChI=1S/C22H22N2O3.C15H17IN2O2.C7H7BO3/c25-16-18-4-1-2-5-20(18)17-7-9-19(10-8-17)24-11-3-6-21(22(24)26)23-12-14-27-15-13-23;16-12-3-5-13(6-4-12)18-7-1-2-14(15(18)19)17-8-10-20-11-9-17;9-5-6-3-1-2-4-7(6)8(10)11/h1-2,4-10,16H,3,11-15H2;2-6H,1,7-11H2;1-5,10-11H. The molecule has 0 spiro atoms. The van der Waals surface area contributed by atoms with Crippen LogP contribution in [0.15, 0.2) is 121 Å². The molecule has 0 aromatic heterocycles. The summed E-state index contributed by atoms with van der Waals surface area (Å²) in [6.07, 6.45) is 7.32. The minimum atomic E-state index is -1.57. The Balaban J connectivity index is 0.000000160. The van der Waals surface area contributed by atoms with Crippen LogP contribution in [0.5, 0.6) is 0 Å². The molecule has 0 bridgehead atoms. The molecule has 2 saturated heterocycles. The molecule has 8 rings (SSSR count). The highest BCUT2D eigenvalue weighted by Crippen LogP contribution is 2.29. The second-order valence-electron chi connectivity index (χ2n) is 13.7. The number of carbonyl (C=O) groups excluding carboxylic acids is 4. The molecule has 0 aliphatic carbocycles. The van der Waals surface area contributed by atoms with E-state index in [1.165, 1.54) is 15.7 Å². The van der Waals surface area contributed by atoms with Crippen molar-refractivity contribution in [1.29, 1.82) is 0 Å². The van der Waals surface area contributed by atoms with Crippen LogP contribution >= 0.6 is 22.6 Å². The van der Waals surface area contributed by atoms with Gasteiger partial charge in [0.05, 0.1) is 37.8 Å². The van der Waals surface area contributed by atoms with Gasteiger partial charge in [-0.25, -0.2) is 0 Å². The van der Waals surface area contributed by atoms with Crippen LogP contribution < -0.4 is 15.3 Å². The minimum Gasteiger partial charge on any atom is -0.423 e. The summed E-state index contributed by atoms with van der Waals surface area (Å²) in [5.74, 6) is 0.156. The largest absolute Gasteiger partial charge is 0.489 e. The van der Waals surface area contributed by atoms with Crippen LogP contribution in [-0.4, -0.2) is 117 Å². The number of amides is 2. The topological polar surface area (TPSA) is 140 Å². The summed E-state index contributed by atoms with van der Waals surface area (Å²) in [7, 11) is -1.57. The lowest BCUT2D eigenvalue weighted by atomic mass is 9.77. The Labute approximate surface area is 352 Å². The zero-order chi connectivity index (χ0) is 40.9. The number of halogens is 1. The normalized spacial score (nSPS) is 16.9. The molecule has 14 heteroatoms. The van der Waals surface area contributed by atoms with Gasteiger partial charge >= 0.3 is 7.12 Å². The van der Waals surface area contributed by atoms with E-state index >= 15 is 0 Å². The highest BCUT2D eigenvalue weighted by Gasteiger charge is 2.29. The molecule has 4 aromatic carbocycles. The average molecular weight is 897 g/mol. The summed E-state index contributed by atoms with van der Waals surface area (Å²) in [6.45, 7) is 7.29. The first kappa shape index (κ1) is 42.5. The van der Waals surface area contributed by atoms with Gasteiger partial charge in [0, 0.05) is 65.3 Å². The Morgan fingerprint density at radius 1 is 0.569 bits per heavy atom. The number of nitrogens with zero attached hydrogens (tertiary/aromatic N) is 4. The molecular formula is C44H46BIN4O8. The number of carbonyl (C=O) groups is 4. The van der Waals surface area contributed by atoms with Gasteiger partial charge in [-0.15, -0.1) is 0 Å². The first-order valence-corrected chi connectivity index (χ1v) is 20.4. The first-order chi connectivity index (χ1) is 28.3. The molecule has 300 valence electrons. The maximum atomic E-state index is 13.0. The average Bonchev–Trinajstić information content (AvgIpc) is 3.28. The zero-order valence-corrected chi connectivity index (χ0v) is 34.3. The molecule has 4 heterocycles. The Hall–Kier alpha value is -5.13. The summed E-state index contributed by atoms with van der Waals surface area (Å²) in [5, 5.41) is 17.5. The molecule has 12 nitrogen and oxygen atoms in total. The molecule has 0 unspecified atom stereocenters. The van der Waals surface area contributed by atoms with Crippen molar-refractivity contribution in [2.24, 2.45) is 0 Å². The summed E-state index contributed by atoms with van der Waals surface area (Å²) >= 11 is 2.27. The monoisotopic (exact) mass is 896 g/mol. The molecular weight excluding hydrogens is 850 g/mol. The van der Waals surface area contributed by atoms with Crippen molar-refractivity contribution in [1.82, 2.24) is 9.80 Å². The summed E-state index contributed by atoms with van der Waals surface area (Å²) in [5.41, 5.74) is 6.55. The second-order valence-corrected chi connectivity index (χ2v) is 15.0. The van der Waals surface area contributed by atoms with Gasteiger partial charge in [0.2, 0.25) is 0 Å². The Bertz CT molecular complexity index is 2100. The smallest absolute Gasteiger partial charge is 0.423 e. The van der Waals surface area contributed by atoms with Gasteiger partial charge in [-0.2, -0.15) is 0 Å². The summed E-state index contributed by atoms with van der Waals surface area (Å²) in [6, 6.07) is 29.8. The maximum absolute atomic E-state index is 13.0. The van der Waals surface area contributed by atoms with E-state index in [4.69, 9.17) is 19.5 Å². The number of hydrogen-bond acceptors (Lipinski definition) is 10. The third-order valence-corrected chi connectivity index (χ3v) is 10.8. The van der Waals surface area contributed by atoms with Gasteiger partial charge in [-0.1, -0.05) is 72.8 Å². The maximum Gasteiger partial charge on any atom is 0.489 e. The second kappa shape index (κ2) is 21.0. The van der Waals surface area contributed by atoms with Gasteiger partial charge in [0.1, 0.15) is 6.29 Å². The Morgan fingerprint density at radius 3 is 1.48 bits per heavy atom. The van der Waals surface area contributed by atoms with Crippen molar-refractivity contribution in [2.45, 2.75) is 12.8 Å². The quantitative estimate of drug-likeness (QED) is 0.147. The SMILES string of the molecule is O=C1C(N2CCOCC2)=CCCN1c1ccc(I)cc1.O=Cc1ccccc1-c1ccc(N2CCC=C(N3CCOCC3)C2=O)cc1.O=Cc1ccccc1B(O)O. The van der Waals surface area contributed by atoms with Crippen molar-refractivity contribution in [3.63, 3.8) is 0 Å². The van der Waals surface area contributed by atoms with E-state index in [0.717, 1.165) is 85.7 Å². The fourth-order valence-electron chi connectivity index (χ4n) is 7.10. The fourth-order valence-corrected chi connectivity index (χ4v) is 7.46. The van der Waals surface area contributed by atoms with Gasteiger partial charge in [-0.05, 0) is 88.4 Å². The van der Waals surface area contributed by atoms with E-state index in [0.29, 0.717) is 50.4 Å². The predicted octanol–water partition coefficient (Wildman–Crippen LogP) is 4.54. The molecule has 2 amide bonds. The lowest BCUT2D eigenvalue weighted by Crippen LogP contribution is -2.45. The van der Waals surface area contributed by atoms with E-state index in [9.17, 15) is 19.2 Å². The number of benzene rings is 4. The van der Waals surface area contributed by atoms with E-state index < -0.39 is 7.12 Å². The van der Waals surface area contributed by atoms with Gasteiger partial charge in [0.15, 0.2) is 6.29 Å². The molecule has 58 heavy (non-hydrogen) atoms. The molecule has 0 radical (unpaired) electrons. The summed E-state index contributed by atoms with van der Waals surface area (Å²) in [4.78, 5) is 55.2. The summed E-state index contributed by atoms with van der Waals surface area (Å²) < 4.78 is 11.9. The third-order valence-electron chi connectivity index (χ3n) is 10.1. The molecule has 4 aromatic rings. The number of rotatable bonds is 8. The number of aldehydes is 2. The zero-order valence-electron chi connectivity index (χ0n) is 32.1. The minimum absolute atomic E-state index is 0.0455. The van der Waals surface area contributed by atoms with Crippen LogP contribution in [0.3, 0.4) is 0 Å². The molecule has 0 atom stereocenters. The highest BCUT2D eigenvalue weighted by atomic mass is 127. The molecule has 2 fully saturated rings.